The molecule has 2 aromatic rings. The Kier molecular flexibility index (Phi) is 2.99. The van der Waals surface area contributed by atoms with Gasteiger partial charge in [0.2, 0.25) is 0 Å². The van der Waals surface area contributed by atoms with Crippen LogP contribution in [0.1, 0.15) is 13.3 Å². The van der Waals surface area contributed by atoms with Crippen LogP contribution in [0.25, 0.3) is 5.65 Å². The lowest BCUT2D eigenvalue weighted by Gasteiger charge is -2.27. The molecule has 1 aliphatic heterocycles. The van der Waals surface area contributed by atoms with Crippen molar-refractivity contribution in [1.82, 2.24) is 14.4 Å². The maximum atomic E-state index is 5.62. The van der Waals surface area contributed by atoms with Crippen molar-refractivity contribution in [2.45, 2.75) is 25.5 Å². The monoisotopic (exact) mass is 310 g/mol. The van der Waals surface area contributed by atoms with Crippen molar-refractivity contribution in [2.75, 3.05) is 18.6 Å². The normalized spacial score (nSPS) is 23.7. The van der Waals surface area contributed by atoms with Crippen molar-refractivity contribution in [3.05, 3.63) is 23.2 Å². The smallest absolute Gasteiger partial charge is 0.180 e. The SMILES string of the molecule is CC1OCCC1N(C)c1nc(Br)cn2ccnc12. The van der Waals surface area contributed by atoms with Crippen LogP contribution in [0, 0.1) is 0 Å². The van der Waals surface area contributed by atoms with Gasteiger partial charge < -0.3 is 14.0 Å². The molecule has 0 aliphatic carbocycles. The summed E-state index contributed by atoms with van der Waals surface area (Å²) < 4.78 is 8.41. The summed E-state index contributed by atoms with van der Waals surface area (Å²) in [6.07, 6.45) is 6.88. The van der Waals surface area contributed by atoms with E-state index in [2.05, 4.69) is 44.8 Å². The quantitative estimate of drug-likeness (QED) is 0.852. The molecule has 0 spiro atoms. The fraction of sp³-hybridized carbons (Fsp3) is 0.500. The van der Waals surface area contributed by atoms with E-state index in [1.165, 1.54) is 0 Å². The number of aromatic nitrogens is 3. The predicted molar refractivity (Wildman–Crippen MR) is 72.9 cm³/mol. The molecule has 2 aromatic heterocycles. The third-order valence-corrected chi connectivity index (χ3v) is 3.88. The number of rotatable bonds is 2. The van der Waals surface area contributed by atoms with Crippen molar-refractivity contribution in [1.29, 1.82) is 0 Å². The molecule has 3 rings (SSSR count). The second-order valence-electron chi connectivity index (χ2n) is 4.59. The van der Waals surface area contributed by atoms with Gasteiger partial charge in [-0.3, -0.25) is 0 Å². The van der Waals surface area contributed by atoms with E-state index in [-0.39, 0.29) is 6.10 Å². The summed E-state index contributed by atoms with van der Waals surface area (Å²) in [7, 11) is 2.05. The highest BCUT2D eigenvalue weighted by molar-refractivity contribution is 9.10. The Bertz CT molecular complexity index is 570. The van der Waals surface area contributed by atoms with E-state index < -0.39 is 0 Å². The molecular weight excluding hydrogens is 296 g/mol. The topological polar surface area (TPSA) is 42.7 Å². The fourth-order valence-electron chi connectivity index (χ4n) is 2.51. The van der Waals surface area contributed by atoms with E-state index in [4.69, 9.17) is 4.74 Å². The van der Waals surface area contributed by atoms with Crippen LogP contribution in [0.4, 0.5) is 5.82 Å². The third-order valence-electron chi connectivity index (χ3n) is 3.49. The molecular formula is C12H15BrN4O. The van der Waals surface area contributed by atoms with Crippen molar-refractivity contribution in [3.8, 4) is 0 Å². The van der Waals surface area contributed by atoms with Gasteiger partial charge in [0.05, 0.1) is 12.1 Å². The first-order valence-corrected chi connectivity index (χ1v) is 6.80. The number of hydrogen-bond donors (Lipinski definition) is 0. The summed E-state index contributed by atoms with van der Waals surface area (Å²) in [6.45, 7) is 2.92. The van der Waals surface area contributed by atoms with E-state index in [0.717, 1.165) is 29.1 Å². The largest absolute Gasteiger partial charge is 0.376 e. The average Bonchev–Trinajstić information content (AvgIpc) is 2.95. The van der Waals surface area contributed by atoms with Gasteiger partial charge in [-0.05, 0) is 29.3 Å². The second-order valence-corrected chi connectivity index (χ2v) is 5.40. The molecule has 1 fully saturated rings. The molecule has 6 heteroatoms. The maximum Gasteiger partial charge on any atom is 0.180 e. The van der Waals surface area contributed by atoms with E-state index in [0.29, 0.717) is 6.04 Å². The molecule has 0 amide bonds. The maximum absolute atomic E-state index is 5.62. The van der Waals surface area contributed by atoms with Crippen LogP contribution in [0.2, 0.25) is 0 Å². The Morgan fingerprint density at radius 3 is 3.11 bits per heavy atom. The van der Waals surface area contributed by atoms with Gasteiger partial charge in [0.25, 0.3) is 0 Å². The number of likely N-dealkylation sites (N-methyl/N-ethyl adjacent to an activating group) is 1. The number of halogens is 1. The first kappa shape index (κ1) is 11.9. The van der Waals surface area contributed by atoms with Crippen molar-refractivity contribution >= 4 is 27.4 Å². The van der Waals surface area contributed by atoms with Gasteiger partial charge in [0.15, 0.2) is 11.5 Å². The zero-order valence-corrected chi connectivity index (χ0v) is 12.0. The summed E-state index contributed by atoms with van der Waals surface area (Å²) in [4.78, 5) is 11.1. The van der Waals surface area contributed by atoms with E-state index in [1.54, 1.807) is 6.20 Å². The summed E-state index contributed by atoms with van der Waals surface area (Å²) in [5.41, 5.74) is 0.875. The average molecular weight is 311 g/mol. The van der Waals surface area contributed by atoms with Gasteiger partial charge in [-0.1, -0.05) is 0 Å². The highest BCUT2D eigenvalue weighted by Gasteiger charge is 2.30. The van der Waals surface area contributed by atoms with Crippen molar-refractivity contribution < 1.29 is 4.74 Å². The first-order valence-electron chi connectivity index (χ1n) is 6.00. The Morgan fingerprint density at radius 2 is 2.39 bits per heavy atom. The summed E-state index contributed by atoms with van der Waals surface area (Å²) >= 11 is 3.44. The molecule has 1 saturated heterocycles. The molecule has 1 aliphatic rings. The summed E-state index contributed by atoms with van der Waals surface area (Å²) in [5, 5.41) is 0. The number of ether oxygens (including phenoxy) is 1. The number of fused-ring (bicyclic) bond motifs is 1. The summed E-state index contributed by atoms with van der Waals surface area (Å²) in [5.74, 6) is 0.886. The van der Waals surface area contributed by atoms with Crippen LogP contribution in [-0.4, -0.2) is 40.2 Å². The zero-order chi connectivity index (χ0) is 12.7. The lowest BCUT2D eigenvalue weighted by molar-refractivity contribution is 0.118. The third kappa shape index (κ3) is 1.89. The standard InChI is InChI=1S/C12H15BrN4O/c1-8-9(3-6-18-8)16(2)12-11-14-4-5-17(11)7-10(13)15-12/h4-5,7-9H,3,6H2,1-2H3. The van der Waals surface area contributed by atoms with Gasteiger partial charge in [-0.15, -0.1) is 0 Å². The highest BCUT2D eigenvalue weighted by atomic mass is 79.9. The van der Waals surface area contributed by atoms with E-state index >= 15 is 0 Å². The molecule has 2 atom stereocenters. The van der Waals surface area contributed by atoms with Gasteiger partial charge >= 0.3 is 0 Å². The molecule has 0 bridgehead atoms. The minimum absolute atomic E-state index is 0.228. The number of imidazole rings is 1. The summed E-state index contributed by atoms with van der Waals surface area (Å²) in [6, 6.07) is 0.354. The molecule has 0 N–H and O–H groups in total. The Balaban J connectivity index is 2.04. The number of anilines is 1. The van der Waals surface area contributed by atoms with Crippen LogP contribution in [0.3, 0.4) is 0 Å². The Labute approximate surface area is 114 Å². The second kappa shape index (κ2) is 4.51. The van der Waals surface area contributed by atoms with Gasteiger partial charge in [0.1, 0.15) is 4.60 Å². The van der Waals surface area contributed by atoms with Crippen LogP contribution in [-0.2, 0) is 4.74 Å². The molecule has 5 nitrogen and oxygen atoms in total. The molecule has 2 unspecified atom stereocenters. The molecule has 0 saturated carbocycles. The van der Waals surface area contributed by atoms with Gasteiger partial charge in [-0.25, -0.2) is 9.97 Å². The van der Waals surface area contributed by atoms with Crippen LogP contribution >= 0.6 is 15.9 Å². The van der Waals surface area contributed by atoms with Gasteiger partial charge in [0, 0.05) is 32.2 Å². The van der Waals surface area contributed by atoms with Crippen molar-refractivity contribution in [2.24, 2.45) is 0 Å². The molecule has 3 heterocycles. The molecule has 96 valence electrons. The van der Waals surface area contributed by atoms with Crippen LogP contribution in [0.15, 0.2) is 23.2 Å². The Morgan fingerprint density at radius 1 is 1.56 bits per heavy atom. The van der Waals surface area contributed by atoms with E-state index in [1.807, 2.05) is 16.8 Å². The highest BCUT2D eigenvalue weighted by Crippen LogP contribution is 2.26. The zero-order valence-electron chi connectivity index (χ0n) is 10.4. The van der Waals surface area contributed by atoms with Crippen LogP contribution < -0.4 is 4.90 Å². The number of nitrogens with zero attached hydrogens (tertiary/aromatic N) is 4. The lowest BCUT2D eigenvalue weighted by Crippen LogP contribution is -2.37. The van der Waals surface area contributed by atoms with Gasteiger partial charge in [-0.2, -0.15) is 0 Å². The number of hydrogen-bond acceptors (Lipinski definition) is 4. The first-order chi connectivity index (χ1) is 8.66. The van der Waals surface area contributed by atoms with Crippen molar-refractivity contribution in [3.63, 3.8) is 0 Å². The fourth-order valence-corrected chi connectivity index (χ4v) is 2.90. The minimum Gasteiger partial charge on any atom is -0.376 e. The Hall–Kier alpha value is -1.14. The molecule has 18 heavy (non-hydrogen) atoms. The minimum atomic E-state index is 0.228. The van der Waals surface area contributed by atoms with E-state index in [9.17, 15) is 0 Å². The molecule has 0 aromatic carbocycles. The lowest BCUT2D eigenvalue weighted by atomic mass is 10.1. The van der Waals surface area contributed by atoms with Crippen LogP contribution in [0.5, 0.6) is 0 Å². The predicted octanol–water partition coefficient (Wildman–Crippen LogP) is 2.11. The molecule has 0 radical (unpaired) electrons.